The molecular formula is C12H16F6N2O4S2. The molecule has 6 nitrogen and oxygen atoms in total. The number of halogens is 6. The number of hydrogen-bond acceptors (Lipinski definition) is 4. The number of nitrogens with zero attached hydrogens (tertiary/aromatic N) is 2. The van der Waals surface area contributed by atoms with Gasteiger partial charge in [-0.2, -0.15) is 35.0 Å². The molecule has 0 aromatic heterocycles. The molecule has 0 radical (unpaired) electrons. The standard InChI is InChI=1S/C12H16F6N2O4S2/c1-8-6-19(25(21,22)11(13,14)15)9-4-2-3-5-10(9)20(7-8)26(23,24)12(16,17)18/h9-10H,1-7H2/t9-,10-/m1/s1. The minimum atomic E-state index is -5.86. The van der Waals surface area contributed by atoms with Gasteiger partial charge in [-0.1, -0.05) is 19.4 Å². The molecular weight excluding hydrogens is 414 g/mol. The molecule has 1 aliphatic heterocycles. The third-order valence-corrected chi connectivity index (χ3v) is 7.60. The zero-order valence-electron chi connectivity index (χ0n) is 13.2. The van der Waals surface area contributed by atoms with E-state index in [0.29, 0.717) is 0 Å². The summed E-state index contributed by atoms with van der Waals surface area (Å²) in [7, 11) is -11.7. The van der Waals surface area contributed by atoms with Crippen molar-refractivity contribution < 1.29 is 43.2 Å². The average molecular weight is 430 g/mol. The zero-order valence-corrected chi connectivity index (χ0v) is 14.8. The Morgan fingerprint density at radius 2 is 1.08 bits per heavy atom. The Hall–Kier alpha value is -0.860. The summed E-state index contributed by atoms with van der Waals surface area (Å²) < 4.78 is 126. The van der Waals surface area contributed by atoms with Gasteiger partial charge in [-0.15, -0.1) is 0 Å². The van der Waals surface area contributed by atoms with Crippen LogP contribution in [0.5, 0.6) is 0 Å². The molecule has 1 saturated heterocycles. The molecule has 2 fully saturated rings. The molecule has 0 bridgehead atoms. The molecule has 0 aromatic rings. The van der Waals surface area contributed by atoms with Gasteiger partial charge in [0.25, 0.3) is 0 Å². The van der Waals surface area contributed by atoms with E-state index in [0.717, 1.165) is 0 Å². The van der Waals surface area contributed by atoms with Crippen LogP contribution in [-0.4, -0.2) is 61.6 Å². The molecule has 0 spiro atoms. The van der Waals surface area contributed by atoms with Crippen LogP contribution in [0, 0.1) is 0 Å². The minimum Gasteiger partial charge on any atom is -0.203 e. The van der Waals surface area contributed by atoms with Crippen molar-refractivity contribution in [2.45, 2.75) is 48.8 Å². The first-order valence-corrected chi connectivity index (χ1v) is 10.3. The van der Waals surface area contributed by atoms with Gasteiger partial charge < -0.3 is 0 Å². The fourth-order valence-corrected chi connectivity index (χ4v) is 5.72. The second-order valence-corrected chi connectivity index (χ2v) is 9.93. The number of rotatable bonds is 2. The van der Waals surface area contributed by atoms with E-state index in [9.17, 15) is 43.2 Å². The Labute approximate surface area is 146 Å². The first kappa shape index (κ1) is 21.4. The molecule has 2 atom stereocenters. The second kappa shape index (κ2) is 6.63. The fraction of sp³-hybridized carbons (Fsp3) is 0.833. The normalized spacial score (nSPS) is 27.8. The van der Waals surface area contributed by atoms with Crippen LogP contribution in [-0.2, 0) is 20.0 Å². The number of hydrogen-bond donors (Lipinski definition) is 0. The van der Waals surface area contributed by atoms with Crippen molar-refractivity contribution >= 4 is 20.0 Å². The van der Waals surface area contributed by atoms with Gasteiger partial charge in [-0.05, 0) is 18.4 Å². The highest BCUT2D eigenvalue weighted by molar-refractivity contribution is 7.90. The van der Waals surface area contributed by atoms with Crippen LogP contribution in [0.4, 0.5) is 26.3 Å². The highest BCUT2D eigenvalue weighted by atomic mass is 32.2. The van der Waals surface area contributed by atoms with Gasteiger partial charge in [-0.3, -0.25) is 0 Å². The molecule has 0 unspecified atom stereocenters. The predicted molar refractivity (Wildman–Crippen MR) is 78.5 cm³/mol. The highest BCUT2D eigenvalue weighted by Gasteiger charge is 2.58. The topological polar surface area (TPSA) is 74.8 Å². The van der Waals surface area contributed by atoms with Crippen LogP contribution in [0.3, 0.4) is 0 Å². The molecule has 2 aliphatic rings. The smallest absolute Gasteiger partial charge is 0.203 e. The van der Waals surface area contributed by atoms with Crippen molar-refractivity contribution in [1.29, 1.82) is 0 Å². The van der Waals surface area contributed by atoms with Gasteiger partial charge in [-0.25, -0.2) is 16.8 Å². The zero-order chi connectivity index (χ0) is 20.1. The van der Waals surface area contributed by atoms with E-state index in [4.69, 9.17) is 0 Å². The maximum absolute atomic E-state index is 13.0. The maximum Gasteiger partial charge on any atom is 0.511 e. The summed E-state index contributed by atoms with van der Waals surface area (Å²) in [5.41, 5.74) is -11.7. The van der Waals surface area contributed by atoms with Gasteiger partial charge >= 0.3 is 31.1 Å². The Kier molecular flexibility index (Phi) is 5.47. The van der Waals surface area contributed by atoms with E-state index < -0.39 is 56.2 Å². The second-order valence-electron chi connectivity index (χ2n) is 6.16. The summed E-state index contributed by atoms with van der Waals surface area (Å²) in [6, 6.07) is -3.10. The van der Waals surface area contributed by atoms with E-state index in [1.54, 1.807) is 0 Å². The molecule has 0 aromatic carbocycles. The molecule has 26 heavy (non-hydrogen) atoms. The molecule has 2 rings (SSSR count). The lowest BCUT2D eigenvalue weighted by Gasteiger charge is -2.40. The van der Waals surface area contributed by atoms with Crippen molar-refractivity contribution in [2.24, 2.45) is 0 Å². The van der Waals surface area contributed by atoms with Crippen LogP contribution >= 0.6 is 0 Å². The minimum absolute atomic E-state index is 0.0467. The van der Waals surface area contributed by atoms with E-state index in [1.807, 2.05) is 0 Å². The lowest BCUT2D eigenvalue weighted by atomic mass is 9.90. The van der Waals surface area contributed by atoms with E-state index >= 15 is 0 Å². The number of alkyl halides is 6. The lowest BCUT2D eigenvalue weighted by Crippen LogP contribution is -2.57. The van der Waals surface area contributed by atoms with Crippen LogP contribution in [0.2, 0.25) is 0 Å². The lowest BCUT2D eigenvalue weighted by molar-refractivity contribution is -0.0538. The first-order chi connectivity index (χ1) is 11.6. The van der Waals surface area contributed by atoms with Gasteiger partial charge in [0.15, 0.2) is 0 Å². The summed E-state index contributed by atoms with van der Waals surface area (Å²) in [6.45, 7) is 1.48. The molecule has 1 aliphatic carbocycles. The van der Waals surface area contributed by atoms with Crippen molar-refractivity contribution in [3.63, 3.8) is 0 Å². The molecule has 0 N–H and O–H groups in total. The highest BCUT2D eigenvalue weighted by Crippen LogP contribution is 2.40. The summed E-state index contributed by atoms with van der Waals surface area (Å²) in [5, 5.41) is 0. The molecule has 152 valence electrons. The van der Waals surface area contributed by atoms with Crippen molar-refractivity contribution in [3.8, 4) is 0 Å². The van der Waals surface area contributed by atoms with Gasteiger partial charge in [0.2, 0.25) is 0 Å². The Bertz CT molecular complexity index is 711. The monoisotopic (exact) mass is 430 g/mol. The van der Waals surface area contributed by atoms with Crippen LogP contribution in [0.1, 0.15) is 25.7 Å². The van der Waals surface area contributed by atoms with Crippen molar-refractivity contribution in [1.82, 2.24) is 8.61 Å². The van der Waals surface area contributed by atoms with Gasteiger partial charge in [0.05, 0.1) is 0 Å². The SMILES string of the molecule is C=C1CN(S(=O)(=O)C(F)(F)F)[C@@H]2CCCC[C@H]2N(S(=O)(=O)C(F)(F)F)C1. The van der Waals surface area contributed by atoms with E-state index in [2.05, 4.69) is 6.58 Å². The van der Waals surface area contributed by atoms with E-state index in [-0.39, 0.29) is 39.9 Å². The molecule has 1 saturated carbocycles. The predicted octanol–water partition coefficient (Wildman–Crippen LogP) is 2.17. The van der Waals surface area contributed by atoms with Gasteiger partial charge in [0, 0.05) is 25.2 Å². The maximum atomic E-state index is 13.0. The van der Waals surface area contributed by atoms with E-state index in [1.165, 1.54) is 0 Å². The fourth-order valence-electron chi connectivity index (χ4n) is 3.28. The van der Waals surface area contributed by atoms with Crippen LogP contribution in [0.25, 0.3) is 0 Å². The molecule has 1 heterocycles. The summed E-state index contributed by atoms with van der Waals surface area (Å²) in [5.74, 6) is 0. The third-order valence-electron chi connectivity index (χ3n) is 4.40. The molecule has 14 heteroatoms. The third kappa shape index (κ3) is 3.60. The largest absolute Gasteiger partial charge is 0.511 e. The Balaban J connectivity index is 2.57. The average Bonchev–Trinajstić information content (AvgIpc) is 2.62. The summed E-state index contributed by atoms with van der Waals surface area (Å²) in [6.07, 6.45) is 0.156. The summed E-state index contributed by atoms with van der Waals surface area (Å²) in [4.78, 5) is 0. The number of fused-ring (bicyclic) bond motifs is 1. The summed E-state index contributed by atoms with van der Waals surface area (Å²) >= 11 is 0. The van der Waals surface area contributed by atoms with Gasteiger partial charge in [0.1, 0.15) is 0 Å². The van der Waals surface area contributed by atoms with Crippen molar-refractivity contribution in [2.75, 3.05) is 13.1 Å². The van der Waals surface area contributed by atoms with Crippen LogP contribution in [0.15, 0.2) is 12.2 Å². The Morgan fingerprint density at radius 1 is 0.769 bits per heavy atom. The van der Waals surface area contributed by atoms with Crippen molar-refractivity contribution in [3.05, 3.63) is 12.2 Å². The van der Waals surface area contributed by atoms with Crippen LogP contribution < -0.4 is 0 Å². The first-order valence-electron chi connectivity index (χ1n) is 7.43. The quantitative estimate of drug-likeness (QED) is 0.497. The molecule has 0 amide bonds. The number of sulfonamides is 2. The Morgan fingerprint density at radius 3 is 1.35 bits per heavy atom.